The standard InChI is InChI=1S/C11H13F2NO/c1-3-14-7(2)11(15)8-4-5-9(12)10(13)6-8/h4-7,14H,3H2,1-2H3. The van der Waals surface area contributed by atoms with E-state index in [1.54, 1.807) is 6.92 Å². The van der Waals surface area contributed by atoms with E-state index in [9.17, 15) is 13.6 Å². The van der Waals surface area contributed by atoms with Crippen molar-refractivity contribution in [2.45, 2.75) is 19.9 Å². The normalized spacial score (nSPS) is 12.5. The van der Waals surface area contributed by atoms with Gasteiger partial charge < -0.3 is 5.32 Å². The van der Waals surface area contributed by atoms with Gasteiger partial charge in [0.2, 0.25) is 0 Å². The van der Waals surface area contributed by atoms with Crippen LogP contribution in [0.25, 0.3) is 0 Å². The van der Waals surface area contributed by atoms with Crippen molar-refractivity contribution in [3.63, 3.8) is 0 Å². The summed E-state index contributed by atoms with van der Waals surface area (Å²) in [6.07, 6.45) is 0. The Balaban J connectivity index is 2.87. The highest BCUT2D eigenvalue weighted by atomic mass is 19.2. The minimum Gasteiger partial charge on any atom is -0.308 e. The lowest BCUT2D eigenvalue weighted by Gasteiger charge is -2.10. The monoisotopic (exact) mass is 213 g/mol. The molecule has 4 heteroatoms. The summed E-state index contributed by atoms with van der Waals surface area (Å²) >= 11 is 0. The number of Topliss-reactive ketones (excluding diaryl/α,β-unsaturated/α-hetero) is 1. The van der Waals surface area contributed by atoms with Gasteiger partial charge in [-0.25, -0.2) is 8.78 Å². The Morgan fingerprint density at radius 3 is 2.60 bits per heavy atom. The van der Waals surface area contributed by atoms with Crippen molar-refractivity contribution in [3.8, 4) is 0 Å². The molecular weight excluding hydrogens is 200 g/mol. The molecule has 0 radical (unpaired) electrons. The lowest BCUT2D eigenvalue weighted by atomic mass is 10.1. The number of halogens is 2. The van der Waals surface area contributed by atoms with Crippen molar-refractivity contribution in [1.29, 1.82) is 0 Å². The van der Waals surface area contributed by atoms with Gasteiger partial charge in [0.05, 0.1) is 6.04 Å². The van der Waals surface area contributed by atoms with Crippen molar-refractivity contribution in [3.05, 3.63) is 35.4 Å². The van der Waals surface area contributed by atoms with Gasteiger partial charge in [-0.3, -0.25) is 4.79 Å². The fourth-order valence-corrected chi connectivity index (χ4v) is 1.30. The fraction of sp³-hybridized carbons (Fsp3) is 0.364. The first-order valence-corrected chi connectivity index (χ1v) is 4.79. The molecule has 0 heterocycles. The molecule has 0 aliphatic rings. The number of nitrogens with one attached hydrogen (secondary N) is 1. The van der Waals surface area contributed by atoms with Crippen molar-refractivity contribution in [2.75, 3.05) is 6.54 Å². The molecule has 1 aromatic rings. The Morgan fingerprint density at radius 2 is 2.07 bits per heavy atom. The molecule has 0 aromatic heterocycles. The molecule has 0 amide bonds. The van der Waals surface area contributed by atoms with Crippen LogP contribution in [0.5, 0.6) is 0 Å². The number of ketones is 1. The van der Waals surface area contributed by atoms with Crippen LogP contribution in [-0.4, -0.2) is 18.4 Å². The number of hydrogen-bond acceptors (Lipinski definition) is 2. The third-order valence-electron chi connectivity index (χ3n) is 2.11. The summed E-state index contributed by atoms with van der Waals surface area (Å²) in [7, 11) is 0. The van der Waals surface area contributed by atoms with Gasteiger partial charge in [0.25, 0.3) is 0 Å². The molecule has 0 saturated heterocycles. The van der Waals surface area contributed by atoms with E-state index in [0.29, 0.717) is 6.54 Å². The predicted molar refractivity (Wildman–Crippen MR) is 53.8 cm³/mol. The second-order valence-electron chi connectivity index (χ2n) is 3.27. The van der Waals surface area contributed by atoms with Crippen LogP contribution in [0.2, 0.25) is 0 Å². The molecule has 1 N–H and O–H groups in total. The largest absolute Gasteiger partial charge is 0.308 e. The van der Waals surface area contributed by atoms with Gasteiger partial charge in [-0.2, -0.15) is 0 Å². The van der Waals surface area contributed by atoms with Crippen LogP contribution in [0.3, 0.4) is 0 Å². The highest BCUT2D eigenvalue weighted by molar-refractivity contribution is 5.99. The summed E-state index contributed by atoms with van der Waals surface area (Å²) in [4.78, 5) is 11.6. The number of rotatable bonds is 4. The summed E-state index contributed by atoms with van der Waals surface area (Å²) in [5.41, 5.74) is 0.183. The molecule has 82 valence electrons. The van der Waals surface area contributed by atoms with Crippen LogP contribution in [0.15, 0.2) is 18.2 Å². The summed E-state index contributed by atoms with van der Waals surface area (Å²) in [5, 5.41) is 2.91. The average molecular weight is 213 g/mol. The van der Waals surface area contributed by atoms with Crippen molar-refractivity contribution in [2.24, 2.45) is 0 Å². The van der Waals surface area contributed by atoms with Crippen LogP contribution < -0.4 is 5.32 Å². The number of carbonyl (C=O) groups is 1. The summed E-state index contributed by atoms with van der Waals surface area (Å²) in [6, 6.07) is 2.78. The van der Waals surface area contributed by atoms with Crippen molar-refractivity contribution < 1.29 is 13.6 Å². The maximum Gasteiger partial charge on any atom is 0.179 e. The lowest BCUT2D eigenvalue weighted by Crippen LogP contribution is -2.33. The van der Waals surface area contributed by atoms with Gasteiger partial charge in [0.15, 0.2) is 17.4 Å². The molecule has 1 aromatic carbocycles. The molecule has 1 atom stereocenters. The highest BCUT2D eigenvalue weighted by Gasteiger charge is 2.15. The van der Waals surface area contributed by atoms with E-state index in [1.807, 2.05) is 6.92 Å². The first-order valence-electron chi connectivity index (χ1n) is 4.79. The van der Waals surface area contributed by atoms with Gasteiger partial charge in [0.1, 0.15) is 0 Å². The molecule has 0 bridgehead atoms. The maximum absolute atomic E-state index is 12.8. The molecule has 0 aliphatic carbocycles. The highest BCUT2D eigenvalue weighted by Crippen LogP contribution is 2.10. The zero-order valence-electron chi connectivity index (χ0n) is 8.68. The number of carbonyl (C=O) groups excluding carboxylic acids is 1. The van der Waals surface area contributed by atoms with Crippen LogP contribution in [0.4, 0.5) is 8.78 Å². The van der Waals surface area contributed by atoms with E-state index in [1.165, 1.54) is 6.07 Å². The molecule has 1 rings (SSSR count). The Labute approximate surface area is 87.3 Å². The van der Waals surface area contributed by atoms with E-state index in [0.717, 1.165) is 12.1 Å². The van der Waals surface area contributed by atoms with Crippen molar-refractivity contribution in [1.82, 2.24) is 5.32 Å². The van der Waals surface area contributed by atoms with Crippen LogP contribution in [0.1, 0.15) is 24.2 Å². The van der Waals surface area contributed by atoms with E-state index >= 15 is 0 Å². The SMILES string of the molecule is CCNC(C)C(=O)c1ccc(F)c(F)c1. The summed E-state index contributed by atoms with van der Waals surface area (Å²) in [5.74, 6) is -2.18. The zero-order valence-corrected chi connectivity index (χ0v) is 8.68. The molecule has 0 fully saturated rings. The molecule has 0 spiro atoms. The smallest absolute Gasteiger partial charge is 0.179 e. The van der Waals surface area contributed by atoms with Gasteiger partial charge in [-0.1, -0.05) is 6.92 Å². The van der Waals surface area contributed by atoms with Crippen molar-refractivity contribution >= 4 is 5.78 Å². The van der Waals surface area contributed by atoms with Crippen LogP contribution in [0, 0.1) is 11.6 Å². The van der Waals surface area contributed by atoms with Gasteiger partial charge in [0, 0.05) is 5.56 Å². The minimum atomic E-state index is -0.996. The average Bonchev–Trinajstić information content (AvgIpc) is 2.21. The Morgan fingerprint density at radius 1 is 1.40 bits per heavy atom. The molecule has 0 aliphatic heterocycles. The third-order valence-corrected chi connectivity index (χ3v) is 2.11. The predicted octanol–water partition coefficient (Wildman–Crippen LogP) is 2.15. The van der Waals surface area contributed by atoms with Crippen LogP contribution >= 0.6 is 0 Å². The number of hydrogen-bond donors (Lipinski definition) is 1. The van der Waals surface area contributed by atoms with Gasteiger partial charge in [-0.05, 0) is 31.7 Å². The first kappa shape index (κ1) is 11.8. The number of likely N-dealkylation sites (N-methyl/N-ethyl adjacent to an activating group) is 1. The maximum atomic E-state index is 12.8. The summed E-state index contributed by atoms with van der Waals surface area (Å²) < 4.78 is 25.5. The molecule has 1 unspecified atom stereocenters. The first-order chi connectivity index (χ1) is 7.06. The molecular formula is C11H13F2NO. The van der Waals surface area contributed by atoms with Gasteiger partial charge >= 0.3 is 0 Å². The van der Waals surface area contributed by atoms with Gasteiger partial charge in [-0.15, -0.1) is 0 Å². The Bertz CT molecular complexity index is 366. The minimum absolute atomic E-state index is 0.183. The van der Waals surface area contributed by atoms with E-state index < -0.39 is 11.6 Å². The van der Waals surface area contributed by atoms with E-state index in [2.05, 4.69) is 5.32 Å². The fourth-order valence-electron chi connectivity index (χ4n) is 1.30. The Kier molecular flexibility index (Phi) is 3.91. The quantitative estimate of drug-likeness (QED) is 0.776. The molecule has 2 nitrogen and oxygen atoms in total. The van der Waals surface area contributed by atoms with Crippen LogP contribution in [-0.2, 0) is 0 Å². The zero-order chi connectivity index (χ0) is 11.4. The second-order valence-corrected chi connectivity index (χ2v) is 3.27. The topological polar surface area (TPSA) is 29.1 Å². The molecule has 0 saturated carbocycles. The Hall–Kier alpha value is -1.29. The molecule has 15 heavy (non-hydrogen) atoms. The van der Waals surface area contributed by atoms with E-state index in [-0.39, 0.29) is 17.4 Å². The summed E-state index contributed by atoms with van der Waals surface area (Å²) in [6.45, 7) is 4.21. The van der Waals surface area contributed by atoms with E-state index in [4.69, 9.17) is 0 Å². The second kappa shape index (κ2) is 4.98. The lowest BCUT2D eigenvalue weighted by molar-refractivity contribution is 0.0951. The third kappa shape index (κ3) is 2.83. The number of benzene rings is 1.